The van der Waals surface area contributed by atoms with Gasteiger partial charge < -0.3 is 0 Å². The monoisotopic (exact) mass is 538 g/mol. The first-order valence-electron chi connectivity index (χ1n) is 7.48. The van der Waals surface area contributed by atoms with Gasteiger partial charge in [0.2, 0.25) is 0 Å². The van der Waals surface area contributed by atoms with Gasteiger partial charge >= 0.3 is 161 Å². The first-order valence-corrected chi connectivity index (χ1v) is 9.73. The fourth-order valence-electron chi connectivity index (χ4n) is 2.76. The van der Waals surface area contributed by atoms with Gasteiger partial charge in [0.15, 0.2) is 0 Å². The van der Waals surface area contributed by atoms with Crippen molar-refractivity contribution < 1.29 is 24.0 Å². The van der Waals surface area contributed by atoms with Gasteiger partial charge in [-0.05, 0) is 0 Å². The normalized spacial score (nSPS) is 18.2. The van der Waals surface area contributed by atoms with Crippen LogP contribution in [-0.2, 0) is 9.53 Å². The Morgan fingerprint density at radius 1 is 1.40 bits per heavy atom. The van der Waals surface area contributed by atoms with Crippen molar-refractivity contribution in [3.05, 3.63) is 39.5 Å². The Bertz CT molecular complexity index is 761. The number of nitrogens with zero attached hydrogens (tertiary/aromatic N) is 2. The fraction of sp³-hybridized carbons (Fsp3) is 0.375. The quantitative estimate of drug-likeness (QED) is 0.185. The van der Waals surface area contributed by atoms with Gasteiger partial charge in [0.05, 0.1) is 0 Å². The van der Waals surface area contributed by atoms with E-state index in [1.54, 1.807) is 0 Å². The molecule has 1 amide bonds. The zero-order valence-electron chi connectivity index (χ0n) is 14.1. The number of rotatable bonds is 4. The number of carbonyl (C=O) groups excluding carboxylic acids is 2. The Hall–Kier alpha value is -1.98. The van der Waals surface area contributed by atoms with Crippen molar-refractivity contribution >= 4 is 46.5 Å². The number of hydrogen-bond acceptors (Lipinski definition) is 6. The van der Waals surface area contributed by atoms with Crippen molar-refractivity contribution in [3.8, 4) is 5.75 Å². The predicted octanol–water partition coefficient (Wildman–Crippen LogP) is 0.731. The second-order valence-corrected chi connectivity index (χ2v) is 7.91. The average Bonchev–Trinajstić information content (AvgIpc) is 3.04. The van der Waals surface area contributed by atoms with Gasteiger partial charge in [-0.2, -0.15) is 0 Å². The summed E-state index contributed by atoms with van der Waals surface area (Å²) in [6, 6.07) is 1.97. The molecule has 1 aromatic rings. The molecule has 0 aliphatic carbocycles. The molecule has 0 unspecified atom stereocenters. The summed E-state index contributed by atoms with van der Waals surface area (Å²) < 4.78 is 10.7. The Morgan fingerprint density at radius 3 is 2.60 bits per heavy atom. The summed E-state index contributed by atoms with van der Waals surface area (Å²) in [5, 5.41) is 11.4. The number of esters is 1. The number of nitro benzene ring substituents is 1. The van der Waals surface area contributed by atoms with Gasteiger partial charge in [-0.25, -0.2) is 0 Å². The standard InChI is InChI=1S/C16H17N2O6.Tl/c1-4-10-7-14(16(20)24-3)17(9-10)15(19)12-8-11(23-2)5-6-13(12)18(21)22;/h4,6,8,14H,7,9H2,1-3H3;/b10-4+;/t14-;/m0./s1. The number of methoxy groups -OCH3 is 2. The Labute approximate surface area is 160 Å². The molecule has 8 nitrogen and oxygen atoms in total. The third-order valence-electron chi connectivity index (χ3n) is 4.12. The minimum absolute atomic E-state index is 0.0856. The van der Waals surface area contributed by atoms with Crippen molar-refractivity contribution in [2.24, 2.45) is 0 Å². The number of amides is 1. The molecular formula is C16H17N2O6Tl. The Kier molecular flexibility index (Phi) is 6.14. The summed E-state index contributed by atoms with van der Waals surface area (Å²) >= 11 is 0.312. The van der Waals surface area contributed by atoms with Gasteiger partial charge in [0.25, 0.3) is 0 Å². The van der Waals surface area contributed by atoms with Crippen LogP contribution in [-0.4, -0.2) is 74.3 Å². The summed E-state index contributed by atoms with van der Waals surface area (Å²) in [6.07, 6.45) is 2.19. The maximum atomic E-state index is 13.0. The van der Waals surface area contributed by atoms with E-state index in [1.807, 2.05) is 13.0 Å². The van der Waals surface area contributed by atoms with E-state index >= 15 is 0 Å². The van der Waals surface area contributed by atoms with E-state index in [4.69, 9.17) is 9.47 Å². The van der Waals surface area contributed by atoms with Crippen molar-refractivity contribution in [2.75, 3.05) is 20.8 Å². The minimum atomic E-state index is -0.785. The van der Waals surface area contributed by atoms with Crippen LogP contribution in [0.3, 0.4) is 0 Å². The number of carbonyl (C=O) groups is 2. The van der Waals surface area contributed by atoms with Crippen LogP contribution >= 0.6 is 0 Å². The Balaban J connectivity index is 2.51. The molecule has 0 aromatic heterocycles. The van der Waals surface area contributed by atoms with Crippen molar-refractivity contribution in [1.29, 1.82) is 0 Å². The molecule has 1 aromatic carbocycles. The van der Waals surface area contributed by atoms with Crippen LogP contribution < -0.4 is 7.86 Å². The summed E-state index contributed by atoms with van der Waals surface area (Å²) in [4.78, 5) is 37.1. The topological polar surface area (TPSA) is 99.0 Å². The summed E-state index contributed by atoms with van der Waals surface area (Å²) in [5.41, 5.74) is 0.540. The molecule has 0 radical (unpaired) electrons. The van der Waals surface area contributed by atoms with Gasteiger partial charge in [0, 0.05) is 0 Å². The number of benzene rings is 1. The number of hydrogen-bond donors (Lipinski definition) is 0. The van der Waals surface area contributed by atoms with Crippen LogP contribution in [0.5, 0.6) is 5.75 Å². The van der Waals surface area contributed by atoms with E-state index in [0.29, 0.717) is 41.1 Å². The van der Waals surface area contributed by atoms with Gasteiger partial charge in [-0.15, -0.1) is 0 Å². The molecule has 25 heavy (non-hydrogen) atoms. The van der Waals surface area contributed by atoms with E-state index in [0.717, 1.165) is 5.57 Å². The van der Waals surface area contributed by atoms with Crippen LogP contribution in [0.1, 0.15) is 23.7 Å². The second kappa shape index (κ2) is 7.93. The van der Waals surface area contributed by atoms with Crippen molar-refractivity contribution in [3.63, 3.8) is 0 Å². The summed E-state index contributed by atoms with van der Waals surface area (Å²) in [5.74, 6) is -0.679. The first-order chi connectivity index (χ1) is 11.8. The van der Waals surface area contributed by atoms with E-state index < -0.39 is 22.8 Å². The molecule has 1 fully saturated rings. The molecule has 9 heteroatoms. The number of allylic oxidation sites excluding steroid dienone is 1. The molecule has 0 N–H and O–H groups in total. The SMILES string of the molecule is C/C=C1\C[C@@H](C(=O)OC)N(C(=O)c2cc(OC)[c]([Tl])cc2[N+](=O)[O-])C1. The molecule has 0 spiro atoms. The van der Waals surface area contributed by atoms with Crippen LogP contribution in [0.2, 0.25) is 0 Å². The molecule has 1 saturated heterocycles. The van der Waals surface area contributed by atoms with Crippen molar-refractivity contribution in [2.45, 2.75) is 19.4 Å². The van der Waals surface area contributed by atoms with E-state index in [-0.39, 0.29) is 17.8 Å². The molecule has 1 aliphatic heterocycles. The molecule has 130 valence electrons. The van der Waals surface area contributed by atoms with Gasteiger partial charge in [0.1, 0.15) is 0 Å². The molecule has 1 atom stereocenters. The van der Waals surface area contributed by atoms with E-state index in [1.165, 1.54) is 31.3 Å². The maximum absolute atomic E-state index is 13.0. The second-order valence-electron chi connectivity index (χ2n) is 5.49. The molecule has 2 rings (SSSR count). The third kappa shape index (κ3) is 3.83. The fourth-order valence-corrected chi connectivity index (χ4v) is 4.16. The third-order valence-corrected chi connectivity index (χ3v) is 5.88. The van der Waals surface area contributed by atoms with Gasteiger partial charge in [-0.1, -0.05) is 0 Å². The number of ether oxygens (including phenoxy) is 2. The average molecular weight is 538 g/mol. The number of likely N-dealkylation sites (tertiary alicyclic amines) is 1. The molecule has 1 aliphatic rings. The molecule has 0 bridgehead atoms. The summed E-state index contributed by atoms with van der Waals surface area (Å²) in [7, 11) is 2.70. The zero-order valence-corrected chi connectivity index (χ0v) is 18.6. The molecular weight excluding hydrogens is 521 g/mol. The van der Waals surface area contributed by atoms with E-state index in [9.17, 15) is 19.7 Å². The van der Waals surface area contributed by atoms with Crippen LogP contribution in [0.4, 0.5) is 5.69 Å². The van der Waals surface area contributed by atoms with Crippen LogP contribution in [0.25, 0.3) is 0 Å². The molecule has 0 saturated carbocycles. The summed E-state index contributed by atoms with van der Waals surface area (Å²) in [6.45, 7) is 2.06. The first kappa shape index (κ1) is 19.3. The van der Waals surface area contributed by atoms with Crippen LogP contribution in [0.15, 0.2) is 23.8 Å². The van der Waals surface area contributed by atoms with Crippen LogP contribution in [0, 0.1) is 10.1 Å². The molecule has 1 heterocycles. The van der Waals surface area contributed by atoms with E-state index in [2.05, 4.69) is 0 Å². The Morgan fingerprint density at radius 2 is 2.08 bits per heavy atom. The zero-order chi connectivity index (χ0) is 18.7. The number of nitro groups is 1. The predicted molar refractivity (Wildman–Crippen MR) is 90.3 cm³/mol. The van der Waals surface area contributed by atoms with Crippen molar-refractivity contribution in [1.82, 2.24) is 4.90 Å². The van der Waals surface area contributed by atoms with Gasteiger partial charge in [-0.3, -0.25) is 0 Å².